The Morgan fingerprint density at radius 3 is 2.10 bits per heavy atom. The second-order valence-corrected chi connectivity index (χ2v) is 6.94. The SMILES string of the molecule is O=C(NCC1(C(=O)O)CC1)N1CCC2(CCCC2)CC1. The van der Waals surface area contributed by atoms with E-state index in [9.17, 15) is 9.59 Å². The summed E-state index contributed by atoms with van der Waals surface area (Å²) in [6.45, 7) is 1.93. The molecule has 1 saturated heterocycles. The first-order chi connectivity index (χ1) is 9.55. The molecular weight excluding hydrogens is 256 g/mol. The van der Waals surface area contributed by atoms with Crippen molar-refractivity contribution >= 4 is 12.0 Å². The lowest BCUT2D eigenvalue weighted by Crippen LogP contribution is -2.48. The maximum absolute atomic E-state index is 12.1. The van der Waals surface area contributed by atoms with E-state index in [-0.39, 0.29) is 12.6 Å². The Labute approximate surface area is 119 Å². The van der Waals surface area contributed by atoms with Crippen molar-refractivity contribution in [3.8, 4) is 0 Å². The van der Waals surface area contributed by atoms with E-state index in [2.05, 4.69) is 5.32 Å². The number of nitrogens with one attached hydrogen (secondary N) is 1. The van der Waals surface area contributed by atoms with E-state index in [4.69, 9.17) is 5.11 Å². The highest BCUT2D eigenvalue weighted by molar-refractivity contribution is 5.80. The largest absolute Gasteiger partial charge is 0.481 e. The number of likely N-dealkylation sites (tertiary alicyclic amines) is 1. The molecule has 0 atom stereocenters. The number of carboxylic acid groups (broad SMARTS) is 1. The minimum Gasteiger partial charge on any atom is -0.481 e. The molecule has 0 aromatic carbocycles. The molecule has 2 aliphatic carbocycles. The van der Waals surface area contributed by atoms with Crippen molar-refractivity contribution in [2.24, 2.45) is 10.8 Å². The van der Waals surface area contributed by atoms with Gasteiger partial charge >= 0.3 is 12.0 Å². The molecule has 5 heteroatoms. The van der Waals surface area contributed by atoms with Crippen LogP contribution in [-0.2, 0) is 4.79 Å². The average Bonchev–Trinajstić information content (AvgIpc) is 3.13. The van der Waals surface area contributed by atoms with Gasteiger partial charge in [-0.25, -0.2) is 4.79 Å². The minimum absolute atomic E-state index is 0.0784. The summed E-state index contributed by atoms with van der Waals surface area (Å²) in [6.07, 6.45) is 8.93. The Balaban J connectivity index is 1.46. The zero-order valence-electron chi connectivity index (χ0n) is 12.0. The third-order valence-electron chi connectivity index (χ3n) is 5.66. The fourth-order valence-corrected chi connectivity index (χ4v) is 3.78. The lowest BCUT2D eigenvalue weighted by Gasteiger charge is -2.39. The molecule has 3 aliphatic rings. The van der Waals surface area contributed by atoms with Gasteiger partial charge in [-0.1, -0.05) is 12.8 Å². The van der Waals surface area contributed by atoms with Crippen LogP contribution in [-0.4, -0.2) is 41.6 Å². The van der Waals surface area contributed by atoms with E-state index in [1.54, 1.807) is 0 Å². The van der Waals surface area contributed by atoms with Gasteiger partial charge in [0.2, 0.25) is 0 Å². The van der Waals surface area contributed by atoms with Gasteiger partial charge in [0, 0.05) is 19.6 Å². The molecule has 0 radical (unpaired) electrons. The van der Waals surface area contributed by atoms with Crippen LogP contribution in [0.4, 0.5) is 4.79 Å². The first-order valence-electron chi connectivity index (χ1n) is 7.82. The third kappa shape index (κ3) is 2.50. The quantitative estimate of drug-likeness (QED) is 0.832. The highest BCUT2D eigenvalue weighted by atomic mass is 16.4. The smallest absolute Gasteiger partial charge is 0.317 e. The molecule has 0 aromatic rings. The van der Waals surface area contributed by atoms with Crippen molar-refractivity contribution < 1.29 is 14.7 Å². The van der Waals surface area contributed by atoms with Crippen LogP contribution in [0.25, 0.3) is 0 Å². The second-order valence-electron chi connectivity index (χ2n) is 6.94. The number of rotatable bonds is 3. The van der Waals surface area contributed by atoms with Gasteiger partial charge in [0.1, 0.15) is 0 Å². The Morgan fingerprint density at radius 2 is 1.60 bits per heavy atom. The van der Waals surface area contributed by atoms with Gasteiger partial charge in [0.05, 0.1) is 5.41 Å². The number of carboxylic acids is 1. The summed E-state index contributed by atoms with van der Waals surface area (Å²) in [5.74, 6) is -0.777. The number of nitrogens with zero attached hydrogens (tertiary/aromatic N) is 1. The van der Waals surface area contributed by atoms with E-state index >= 15 is 0 Å². The van der Waals surface area contributed by atoms with E-state index in [1.807, 2.05) is 4.90 Å². The average molecular weight is 280 g/mol. The maximum Gasteiger partial charge on any atom is 0.317 e. The number of urea groups is 1. The van der Waals surface area contributed by atoms with Gasteiger partial charge in [-0.2, -0.15) is 0 Å². The minimum atomic E-state index is -0.777. The van der Waals surface area contributed by atoms with Crippen LogP contribution in [0.15, 0.2) is 0 Å². The lowest BCUT2D eigenvalue weighted by molar-refractivity contribution is -0.143. The van der Waals surface area contributed by atoms with Crippen LogP contribution in [0.1, 0.15) is 51.4 Å². The highest BCUT2D eigenvalue weighted by Crippen LogP contribution is 2.46. The topological polar surface area (TPSA) is 69.6 Å². The van der Waals surface area contributed by atoms with Crippen molar-refractivity contribution in [3.05, 3.63) is 0 Å². The number of hydrogen-bond acceptors (Lipinski definition) is 2. The summed E-state index contributed by atoms with van der Waals surface area (Å²) in [5.41, 5.74) is -0.159. The van der Waals surface area contributed by atoms with Crippen LogP contribution in [0.5, 0.6) is 0 Å². The summed E-state index contributed by atoms with van der Waals surface area (Å²) in [6, 6.07) is -0.0784. The number of aliphatic carboxylic acids is 1. The van der Waals surface area contributed by atoms with E-state index in [0.29, 0.717) is 18.3 Å². The summed E-state index contributed by atoms with van der Waals surface area (Å²) in [7, 11) is 0. The van der Waals surface area contributed by atoms with Crippen LogP contribution >= 0.6 is 0 Å². The highest BCUT2D eigenvalue weighted by Gasteiger charge is 2.50. The molecule has 3 rings (SSSR count). The van der Waals surface area contributed by atoms with Gasteiger partial charge in [0.15, 0.2) is 0 Å². The van der Waals surface area contributed by atoms with Gasteiger partial charge < -0.3 is 15.3 Å². The van der Waals surface area contributed by atoms with Crippen molar-refractivity contribution in [2.75, 3.05) is 19.6 Å². The standard InChI is InChI=1S/C15H24N2O3/c18-12(19)15(5-6-15)11-16-13(20)17-9-7-14(8-10-17)3-1-2-4-14/h1-11H2,(H,16,20)(H,18,19). The van der Waals surface area contributed by atoms with Crippen LogP contribution in [0, 0.1) is 10.8 Å². The predicted molar refractivity (Wildman–Crippen MR) is 74.4 cm³/mol. The fourth-order valence-electron chi connectivity index (χ4n) is 3.78. The summed E-state index contributed by atoms with van der Waals surface area (Å²) in [5, 5.41) is 11.9. The Morgan fingerprint density at radius 1 is 1.00 bits per heavy atom. The molecule has 1 spiro atoms. The Hall–Kier alpha value is -1.26. The normalized spacial score (nSPS) is 26.5. The molecule has 2 amide bonds. The molecule has 3 fully saturated rings. The molecule has 112 valence electrons. The fraction of sp³-hybridized carbons (Fsp3) is 0.867. The molecule has 0 unspecified atom stereocenters. The predicted octanol–water partition coefficient (Wildman–Crippen LogP) is 2.22. The molecule has 2 saturated carbocycles. The second kappa shape index (κ2) is 4.93. The molecule has 1 aliphatic heterocycles. The van der Waals surface area contributed by atoms with E-state index in [0.717, 1.165) is 25.9 Å². The molecule has 0 aromatic heterocycles. The summed E-state index contributed by atoms with van der Waals surface area (Å²) < 4.78 is 0. The van der Waals surface area contributed by atoms with Crippen molar-refractivity contribution in [2.45, 2.75) is 51.4 Å². The number of carbonyl (C=O) groups is 2. The third-order valence-corrected chi connectivity index (χ3v) is 5.66. The number of piperidine rings is 1. The van der Waals surface area contributed by atoms with Crippen molar-refractivity contribution in [1.82, 2.24) is 10.2 Å². The Kier molecular flexibility index (Phi) is 3.38. The molecular formula is C15H24N2O3. The van der Waals surface area contributed by atoms with E-state index < -0.39 is 11.4 Å². The maximum atomic E-state index is 12.1. The molecule has 5 nitrogen and oxygen atoms in total. The number of carbonyl (C=O) groups excluding carboxylic acids is 1. The van der Waals surface area contributed by atoms with Crippen LogP contribution in [0.3, 0.4) is 0 Å². The van der Waals surface area contributed by atoms with Crippen LogP contribution in [0.2, 0.25) is 0 Å². The Bertz CT molecular complexity index is 401. The first kappa shape index (κ1) is 13.7. The van der Waals surface area contributed by atoms with Gasteiger partial charge in [-0.15, -0.1) is 0 Å². The zero-order valence-corrected chi connectivity index (χ0v) is 12.0. The first-order valence-corrected chi connectivity index (χ1v) is 7.82. The summed E-state index contributed by atoms with van der Waals surface area (Å²) in [4.78, 5) is 25.1. The lowest BCUT2D eigenvalue weighted by atomic mass is 9.77. The number of hydrogen-bond donors (Lipinski definition) is 2. The molecule has 2 N–H and O–H groups in total. The van der Waals surface area contributed by atoms with Crippen molar-refractivity contribution in [3.63, 3.8) is 0 Å². The van der Waals surface area contributed by atoms with Crippen molar-refractivity contribution in [1.29, 1.82) is 0 Å². The van der Waals surface area contributed by atoms with Crippen LogP contribution < -0.4 is 5.32 Å². The monoisotopic (exact) mass is 280 g/mol. The van der Waals surface area contributed by atoms with Gasteiger partial charge in [0.25, 0.3) is 0 Å². The van der Waals surface area contributed by atoms with Gasteiger partial charge in [-0.3, -0.25) is 4.79 Å². The molecule has 1 heterocycles. The zero-order chi connectivity index (χ0) is 14.2. The molecule has 20 heavy (non-hydrogen) atoms. The number of amides is 2. The summed E-state index contributed by atoms with van der Waals surface area (Å²) >= 11 is 0. The van der Waals surface area contributed by atoms with E-state index in [1.165, 1.54) is 25.7 Å². The molecule has 0 bridgehead atoms. The van der Waals surface area contributed by atoms with Gasteiger partial charge in [-0.05, 0) is 43.9 Å².